The second-order valence-corrected chi connectivity index (χ2v) is 12.0. The summed E-state index contributed by atoms with van der Waals surface area (Å²) < 4.78 is 15.6. The number of carbonyl (C=O) groups excluding carboxylic acids is 2. The average molecular weight is 591 g/mol. The molecule has 0 rings (SSSR count). The van der Waals surface area contributed by atoms with E-state index < -0.39 is 74.3 Å². The summed E-state index contributed by atoms with van der Waals surface area (Å²) in [6, 6.07) is 0. The molecule has 11 heteroatoms. The third kappa shape index (κ3) is 16.7. The number of unbranched alkanes of at least 4 members (excludes halogenated alkanes) is 6. The molecule has 0 amide bonds. The number of rotatable bonds is 26. The number of hydrogen-bond acceptors (Lipinski definition) is 9. The molecule has 0 heterocycles. The minimum absolute atomic E-state index is 0.111. The van der Waals surface area contributed by atoms with Crippen LogP contribution in [0.15, 0.2) is 0 Å². The van der Waals surface area contributed by atoms with Gasteiger partial charge >= 0.3 is 23.9 Å². The van der Waals surface area contributed by atoms with Gasteiger partial charge in [0.2, 0.25) is 0 Å². The summed E-state index contributed by atoms with van der Waals surface area (Å²) in [6.07, 6.45) is 9.44. The van der Waals surface area contributed by atoms with Crippen LogP contribution in [0.3, 0.4) is 0 Å². The number of aliphatic carboxylic acids is 2. The number of hydrogen-bond donors (Lipinski definition) is 4. The van der Waals surface area contributed by atoms with Crippen LogP contribution < -0.4 is 0 Å². The van der Waals surface area contributed by atoms with Crippen molar-refractivity contribution in [2.45, 2.75) is 105 Å². The van der Waals surface area contributed by atoms with E-state index in [4.69, 9.17) is 14.2 Å². The molecule has 0 bridgehead atoms. The Morgan fingerprint density at radius 2 is 0.902 bits per heavy atom. The Morgan fingerprint density at radius 1 is 0.561 bits per heavy atom. The molecule has 0 spiro atoms. The lowest BCUT2D eigenvalue weighted by Gasteiger charge is -2.30. The topological polar surface area (TPSA) is 177 Å². The second-order valence-electron chi connectivity index (χ2n) is 12.0. The van der Waals surface area contributed by atoms with Gasteiger partial charge in [-0.1, -0.05) is 79.1 Å². The van der Waals surface area contributed by atoms with Crippen molar-refractivity contribution >= 4 is 23.9 Å². The summed E-state index contributed by atoms with van der Waals surface area (Å²) in [7, 11) is 0. The molecule has 0 fully saturated rings. The van der Waals surface area contributed by atoms with Crippen LogP contribution in [0.25, 0.3) is 0 Å². The highest BCUT2D eigenvalue weighted by atomic mass is 16.5. The first kappa shape index (κ1) is 38.8. The quantitative estimate of drug-likeness (QED) is 0.0838. The highest BCUT2D eigenvalue weighted by Crippen LogP contribution is 2.24. The summed E-state index contributed by atoms with van der Waals surface area (Å²) in [5, 5.41) is 39.1. The molecule has 0 aromatic carbocycles. The van der Waals surface area contributed by atoms with Gasteiger partial charge in [-0.25, -0.2) is 0 Å². The lowest BCUT2D eigenvalue weighted by molar-refractivity contribution is -0.175. The van der Waals surface area contributed by atoms with Crippen LogP contribution in [-0.4, -0.2) is 83.9 Å². The van der Waals surface area contributed by atoms with Crippen molar-refractivity contribution in [3.8, 4) is 0 Å². The van der Waals surface area contributed by atoms with Crippen molar-refractivity contribution in [1.82, 2.24) is 0 Å². The number of carboxylic acids is 2. The highest BCUT2D eigenvalue weighted by molar-refractivity contribution is 5.77. The van der Waals surface area contributed by atoms with Gasteiger partial charge in [0.15, 0.2) is 0 Å². The fourth-order valence-corrected chi connectivity index (χ4v) is 4.02. The van der Waals surface area contributed by atoms with Crippen LogP contribution in [0.4, 0.5) is 0 Å². The van der Waals surface area contributed by atoms with Crippen LogP contribution in [0.2, 0.25) is 0 Å². The Hall–Kier alpha value is -2.24. The van der Waals surface area contributed by atoms with Gasteiger partial charge in [0.1, 0.15) is 24.0 Å². The van der Waals surface area contributed by atoms with Crippen LogP contribution >= 0.6 is 0 Å². The molecular weight excluding hydrogens is 536 g/mol. The normalized spacial score (nSPS) is 14.4. The molecule has 2 unspecified atom stereocenters. The van der Waals surface area contributed by atoms with Gasteiger partial charge in [0, 0.05) is 12.8 Å². The van der Waals surface area contributed by atoms with Crippen molar-refractivity contribution < 1.29 is 53.8 Å². The van der Waals surface area contributed by atoms with Crippen molar-refractivity contribution in [2.24, 2.45) is 22.7 Å². The summed E-state index contributed by atoms with van der Waals surface area (Å²) in [4.78, 5) is 48.2. The molecule has 0 aliphatic carbocycles. The van der Waals surface area contributed by atoms with Gasteiger partial charge in [0.25, 0.3) is 0 Å². The standard InChI is InChI=1S/C30H54O11/c1-23(2)13-9-5-7-11-15-25(33)40-21-29(17-31,27(35)36)19-39-20-30(18-32,28(37)38)22-41-26(34)16-12-8-6-10-14-24(3)4/h23-24,31-32H,5-22H2,1-4H3,(H,35,36)(H,37,38). The molecular formula is C30H54O11. The zero-order valence-corrected chi connectivity index (χ0v) is 25.5. The van der Waals surface area contributed by atoms with Crippen molar-refractivity contribution in [3.63, 3.8) is 0 Å². The predicted molar refractivity (Wildman–Crippen MR) is 152 cm³/mol. The van der Waals surface area contributed by atoms with Crippen LogP contribution in [-0.2, 0) is 33.4 Å². The second kappa shape index (κ2) is 21.5. The van der Waals surface area contributed by atoms with Crippen molar-refractivity contribution in [3.05, 3.63) is 0 Å². The van der Waals surface area contributed by atoms with Crippen molar-refractivity contribution in [2.75, 3.05) is 39.6 Å². The Bertz CT molecular complexity index is 706. The zero-order valence-electron chi connectivity index (χ0n) is 25.5. The minimum atomic E-state index is -2.03. The van der Waals surface area contributed by atoms with Gasteiger partial charge in [-0.2, -0.15) is 0 Å². The fraction of sp³-hybridized carbons (Fsp3) is 0.867. The maximum Gasteiger partial charge on any atom is 0.317 e. The van der Waals surface area contributed by atoms with E-state index in [1.54, 1.807) is 0 Å². The molecule has 0 radical (unpaired) electrons. The van der Waals surface area contributed by atoms with Gasteiger partial charge < -0.3 is 34.6 Å². The number of esters is 2. The summed E-state index contributed by atoms with van der Waals surface area (Å²) in [5.41, 5.74) is -4.06. The van der Waals surface area contributed by atoms with E-state index in [2.05, 4.69) is 27.7 Å². The third-order valence-corrected chi connectivity index (χ3v) is 7.11. The first-order valence-corrected chi connectivity index (χ1v) is 14.9. The Morgan fingerprint density at radius 3 is 1.20 bits per heavy atom. The first-order chi connectivity index (χ1) is 19.3. The van der Waals surface area contributed by atoms with E-state index in [1.165, 1.54) is 0 Å². The van der Waals surface area contributed by atoms with E-state index in [0.717, 1.165) is 51.4 Å². The first-order valence-electron chi connectivity index (χ1n) is 14.9. The summed E-state index contributed by atoms with van der Waals surface area (Å²) >= 11 is 0. The SMILES string of the molecule is CC(C)CCCCCCC(=O)OCC(CO)(COCC(CO)(COC(=O)CCCCCCC(C)C)C(=O)O)C(=O)O. The number of aliphatic hydroxyl groups excluding tert-OH is 2. The molecule has 41 heavy (non-hydrogen) atoms. The van der Waals surface area contributed by atoms with E-state index in [1.807, 2.05) is 0 Å². The maximum absolute atomic E-state index is 12.1. The molecule has 0 saturated carbocycles. The minimum Gasteiger partial charge on any atom is -0.481 e. The Balaban J connectivity index is 4.81. The van der Waals surface area contributed by atoms with Gasteiger partial charge in [-0.05, 0) is 24.7 Å². The largest absolute Gasteiger partial charge is 0.481 e. The third-order valence-electron chi connectivity index (χ3n) is 7.11. The lowest BCUT2D eigenvalue weighted by atomic mass is 9.89. The molecule has 11 nitrogen and oxygen atoms in total. The summed E-state index contributed by atoms with van der Waals surface area (Å²) in [6.45, 7) is 4.00. The fourth-order valence-electron chi connectivity index (χ4n) is 4.02. The molecule has 240 valence electrons. The van der Waals surface area contributed by atoms with Crippen LogP contribution in [0.1, 0.15) is 105 Å². The Kier molecular flexibility index (Phi) is 20.3. The van der Waals surface area contributed by atoms with E-state index >= 15 is 0 Å². The highest BCUT2D eigenvalue weighted by Gasteiger charge is 2.44. The molecule has 0 aliphatic heterocycles. The molecule has 2 atom stereocenters. The van der Waals surface area contributed by atoms with E-state index in [-0.39, 0.29) is 12.8 Å². The van der Waals surface area contributed by atoms with Gasteiger partial charge in [-0.15, -0.1) is 0 Å². The molecule has 0 aliphatic rings. The van der Waals surface area contributed by atoms with E-state index in [0.29, 0.717) is 24.7 Å². The smallest absolute Gasteiger partial charge is 0.317 e. The number of carboxylic acid groups (broad SMARTS) is 2. The molecule has 0 aromatic rings. The maximum atomic E-state index is 12.1. The van der Waals surface area contributed by atoms with E-state index in [9.17, 15) is 39.6 Å². The molecule has 0 saturated heterocycles. The number of aliphatic hydroxyl groups is 2. The molecule has 0 aromatic heterocycles. The summed E-state index contributed by atoms with van der Waals surface area (Å²) in [5.74, 6) is -2.95. The van der Waals surface area contributed by atoms with Crippen LogP contribution in [0.5, 0.6) is 0 Å². The lowest BCUT2D eigenvalue weighted by Crippen LogP contribution is -2.48. The predicted octanol–water partition coefficient (Wildman–Crippen LogP) is 4.21. The van der Waals surface area contributed by atoms with Crippen LogP contribution in [0, 0.1) is 22.7 Å². The van der Waals surface area contributed by atoms with Gasteiger partial charge in [-0.3, -0.25) is 19.2 Å². The number of carbonyl (C=O) groups is 4. The Labute approximate surface area is 244 Å². The number of ether oxygens (including phenoxy) is 3. The molecule has 4 N–H and O–H groups in total. The van der Waals surface area contributed by atoms with Crippen molar-refractivity contribution in [1.29, 1.82) is 0 Å². The monoisotopic (exact) mass is 590 g/mol. The average Bonchev–Trinajstić information content (AvgIpc) is 2.91. The zero-order chi connectivity index (χ0) is 31.3. The van der Waals surface area contributed by atoms with Gasteiger partial charge in [0.05, 0.1) is 26.4 Å².